The summed E-state index contributed by atoms with van der Waals surface area (Å²) in [5.41, 5.74) is 6.69. The second kappa shape index (κ2) is 8.92. The van der Waals surface area contributed by atoms with Crippen molar-refractivity contribution in [2.24, 2.45) is 11.3 Å². The number of phenolic OH excluding ortho intramolecular Hbond substituents is 2. The molecule has 0 aromatic heterocycles. The maximum Gasteiger partial charge on any atom is 0.116 e. The largest absolute Gasteiger partial charge is 0.508 e. The van der Waals surface area contributed by atoms with Crippen LogP contribution in [0.2, 0.25) is 0 Å². The molecule has 4 aromatic rings. The molecule has 1 aliphatic rings. The molecule has 0 saturated heterocycles. The second-order valence-electron chi connectivity index (χ2n) is 11.1. The first kappa shape index (κ1) is 23.2. The van der Waals surface area contributed by atoms with Crippen LogP contribution in [-0.4, -0.2) is 10.2 Å². The molecule has 35 heavy (non-hydrogen) atoms. The van der Waals surface area contributed by atoms with E-state index in [2.05, 4.69) is 81.4 Å². The molecule has 1 fully saturated rings. The van der Waals surface area contributed by atoms with Crippen LogP contribution in [0.5, 0.6) is 11.5 Å². The zero-order valence-electron chi connectivity index (χ0n) is 20.8. The summed E-state index contributed by atoms with van der Waals surface area (Å²) in [6, 6.07) is 32.5. The average molecular weight is 463 g/mol. The highest BCUT2D eigenvalue weighted by Gasteiger charge is 2.47. The molecule has 1 aliphatic carbocycles. The zero-order valence-corrected chi connectivity index (χ0v) is 20.8. The second-order valence-corrected chi connectivity index (χ2v) is 11.1. The number of phenols is 2. The summed E-state index contributed by atoms with van der Waals surface area (Å²) in [5, 5.41) is 21.1. The van der Waals surface area contributed by atoms with Crippen molar-refractivity contribution in [1.29, 1.82) is 0 Å². The van der Waals surface area contributed by atoms with Gasteiger partial charge in [-0.15, -0.1) is 0 Å². The van der Waals surface area contributed by atoms with Crippen molar-refractivity contribution in [3.05, 3.63) is 108 Å². The van der Waals surface area contributed by atoms with Gasteiger partial charge in [0.15, 0.2) is 0 Å². The average Bonchev–Trinajstić information content (AvgIpc) is 2.83. The predicted octanol–water partition coefficient (Wildman–Crippen LogP) is 8.56. The molecule has 5 rings (SSSR count). The Kier molecular flexibility index (Phi) is 5.92. The minimum atomic E-state index is -0.279. The van der Waals surface area contributed by atoms with E-state index in [-0.39, 0.29) is 22.3 Å². The minimum absolute atomic E-state index is 0.134. The number of hydrogen-bond acceptors (Lipinski definition) is 2. The summed E-state index contributed by atoms with van der Waals surface area (Å²) in [6.45, 7) is 7.12. The van der Waals surface area contributed by atoms with Crippen molar-refractivity contribution in [3.8, 4) is 33.8 Å². The normalized spacial score (nSPS) is 18.8. The first-order chi connectivity index (χ1) is 16.8. The van der Waals surface area contributed by atoms with Crippen LogP contribution in [0.4, 0.5) is 0 Å². The van der Waals surface area contributed by atoms with Gasteiger partial charge in [0.05, 0.1) is 0 Å². The van der Waals surface area contributed by atoms with Gasteiger partial charge in [0.2, 0.25) is 0 Å². The van der Waals surface area contributed by atoms with E-state index in [1.807, 2.05) is 36.4 Å². The Bertz CT molecular complexity index is 1230. The molecule has 0 heterocycles. The molecule has 4 aromatic carbocycles. The first-order valence-corrected chi connectivity index (χ1v) is 12.6. The Balaban J connectivity index is 1.85. The molecule has 2 nitrogen and oxygen atoms in total. The SMILES string of the molecule is CC1CC(C)(C)CC(c2ccc(O)cc2-c2ccccc2)(c2ccc(O)cc2-c2ccccc2)C1. The molecule has 2 N–H and O–H groups in total. The van der Waals surface area contributed by atoms with E-state index >= 15 is 0 Å². The highest BCUT2D eigenvalue weighted by atomic mass is 16.3. The molecule has 178 valence electrons. The van der Waals surface area contributed by atoms with Gasteiger partial charge in [-0.3, -0.25) is 0 Å². The first-order valence-electron chi connectivity index (χ1n) is 12.6. The van der Waals surface area contributed by atoms with Crippen LogP contribution in [0, 0.1) is 11.3 Å². The fourth-order valence-electron chi connectivity index (χ4n) is 6.74. The topological polar surface area (TPSA) is 40.5 Å². The lowest BCUT2D eigenvalue weighted by atomic mass is 9.54. The third kappa shape index (κ3) is 4.46. The van der Waals surface area contributed by atoms with Gasteiger partial charge in [0.1, 0.15) is 11.5 Å². The highest BCUT2D eigenvalue weighted by molar-refractivity contribution is 5.76. The van der Waals surface area contributed by atoms with Crippen molar-refractivity contribution in [3.63, 3.8) is 0 Å². The summed E-state index contributed by atoms with van der Waals surface area (Å²) in [4.78, 5) is 0. The Labute approximate surface area is 208 Å². The molecule has 1 atom stereocenters. The van der Waals surface area contributed by atoms with Gasteiger partial charge in [0, 0.05) is 5.41 Å². The fraction of sp³-hybridized carbons (Fsp3) is 0.273. The molecule has 1 unspecified atom stereocenters. The van der Waals surface area contributed by atoms with Gasteiger partial charge in [0.25, 0.3) is 0 Å². The highest BCUT2D eigenvalue weighted by Crippen LogP contribution is 2.57. The van der Waals surface area contributed by atoms with Gasteiger partial charge in [-0.2, -0.15) is 0 Å². The zero-order chi connectivity index (χ0) is 24.6. The van der Waals surface area contributed by atoms with Crippen LogP contribution in [0.1, 0.15) is 51.2 Å². The van der Waals surface area contributed by atoms with E-state index < -0.39 is 0 Å². The summed E-state index contributed by atoms with van der Waals surface area (Å²) in [7, 11) is 0. The van der Waals surface area contributed by atoms with E-state index in [0.717, 1.165) is 35.1 Å². The van der Waals surface area contributed by atoms with E-state index in [4.69, 9.17) is 0 Å². The summed E-state index contributed by atoms with van der Waals surface area (Å²) in [6.07, 6.45) is 3.16. The van der Waals surface area contributed by atoms with Crippen LogP contribution in [0.15, 0.2) is 97.1 Å². The summed E-state index contributed by atoms with van der Waals surface area (Å²) < 4.78 is 0. The molecule has 2 heteroatoms. The van der Waals surface area contributed by atoms with Crippen molar-refractivity contribution < 1.29 is 10.2 Å². The Hall–Kier alpha value is -3.52. The Morgan fingerprint density at radius 2 is 1.09 bits per heavy atom. The van der Waals surface area contributed by atoms with E-state index in [1.54, 1.807) is 0 Å². The van der Waals surface area contributed by atoms with Crippen LogP contribution in [0.25, 0.3) is 22.3 Å². The van der Waals surface area contributed by atoms with Crippen LogP contribution < -0.4 is 0 Å². The van der Waals surface area contributed by atoms with Crippen LogP contribution in [-0.2, 0) is 5.41 Å². The predicted molar refractivity (Wildman–Crippen MR) is 145 cm³/mol. The lowest BCUT2D eigenvalue weighted by molar-refractivity contribution is 0.127. The van der Waals surface area contributed by atoms with Gasteiger partial charge < -0.3 is 10.2 Å². The summed E-state index contributed by atoms with van der Waals surface area (Å²) >= 11 is 0. The fourth-order valence-corrected chi connectivity index (χ4v) is 6.74. The number of benzene rings is 4. The van der Waals surface area contributed by atoms with Crippen molar-refractivity contribution in [1.82, 2.24) is 0 Å². The van der Waals surface area contributed by atoms with E-state index in [9.17, 15) is 10.2 Å². The van der Waals surface area contributed by atoms with Crippen LogP contribution in [0.3, 0.4) is 0 Å². The van der Waals surface area contributed by atoms with Crippen molar-refractivity contribution in [2.75, 3.05) is 0 Å². The number of hydrogen-bond donors (Lipinski definition) is 2. The standard InChI is InChI=1S/C33H34O2/c1-23-20-32(2,3)22-33(21-23,30-16-14-26(34)18-28(30)24-10-6-4-7-11-24)31-17-15-27(35)19-29(31)25-12-8-5-9-13-25/h4-19,23,34-35H,20-22H2,1-3H3. The third-order valence-corrected chi connectivity index (χ3v) is 7.59. The minimum Gasteiger partial charge on any atom is -0.508 e. The van der Waals surface area contributed by atoms with Gasteiger partial charge in [-0.25, -0.2) is 0 Å². The lowest BCUT2D eigenvalue weighted by Gasteiger charge is -2.50. The quantitative estimate of drug-likeness (QED) is 0.319. The molecule has 0 spiro atoms. The molecule has 0 radical (unpaired) electrons. The summed E-state index contributed by atoms with van der Waals surface area (Å²) in [5.74, 6) is 1.08. The van der Waals surface area contributed by atoms with Crippen molar-refractivity contribution >= 4 is 0 Å². The molecular formula is C33H34O2. The van der Waals surface area contributed by atoms with Gasteiger partial charge >= 0.3 is 0 Å². The third-order valence-electron chi connectivity index (χ3n) is 7.59. The smallest absolute Gasteiger partial charge is 0.116 e. The van der Waals surface area contributed by atoms with Crippen LogP contribution >= 0.6 is 0 Å². The maximum atomic E-state index is 10.5. The van der Waals surface area contributed by atoms with E-state index in [0.29, 0.717) is 5.92 Å². The van der Waals surface area contributed by atoms with Gasteiger partial charge in [-0.05, 0) is 88.2 Å². The molecule has 0 amide bonds. The number of rotatable bonds is 4. The maximum absolute atomic E-state index is 10.5. The van der Waals surface area contributed by atoms with E-state index in [1.165, 1.54) is 17.5 Å². The Morgan fingerprint density at radius 1 is 0.629 bits per heavy atom. The number of aromatic hydroxyl groups is 2. The molecule has 1 saturated carbocycles. The van der Waals surface area contributed by atoms with Crippen molar-refractivity contribution in [2.45, 2.75) is 45.4 Å². The Morgan fingerprint density at radius 3 is 1.51 bits per heavy atom. The molecule has 0 bridgehead atoms. The van der Waals surface area contributed by atoms with Gasteiger partial charge in [-0.1, -0.05) is 93.6 Å². The lowest BCUT2D eigenvalue weighted by Crippen LogP contribution is -2.41. The molecular weight excluding hydrogens is 428 g/mol. The monoisotopic (exact) mass is 462 g/mol. The molecule has 0 aliphatic heterocycles.